The van der Waals surface area contributed by atoms with Gasteiger partial charge in [0.25, 0.3) is 0 Å². The molecule has 0 amide bonds. The van der Waals surface area contributed by atoms with Crippen molar-refractivity contribution in [1.29, 1.82) is 0 Å². The molecule has 0 spiro atoms. The predicted octanol–water partition coefficient (Wildman–Crippen LogP) is 2.91. The molecule has 2 nitrogen and oxygen atoms in total. The molecule has 2 rings (SSSR count). The maximum atomic E-state index is 13.6. The lowest BCUT2D eigenvalue weighted by molar-refractivity contribution is 0.564. The van der Waals surface area contributed by atoms with E-state index in [0.29, 0.717) is 5.52 Å². The Kier molecular flexibility index (Phi) is 2.03. The molecule has 0 atom stereocenters. The van der Waals surface area contributed by atoms with Crippen molar-refractivity contribution in [3.8, 4) is 0 Å². The molecule has 2 aromatic heterocycles. The van der Waals surface area contributed by atoms with E-state index in [4.69, 9.17) is 0 Å². The lowest BCUT2D eigenvalue weighted by Crippen LogP contribution is -2.11. The summed E-state index contributed by atoms with van der Waals surface area (Å²) in [6.07, 6.45) is 2.76. The summed E-state index contributed by atoms with van der Waals surface area (Å²) in [5.74, 6) is -1.19. The van der Waals surface area contributed by atoms with Gasteiger partial charge >= 0.3 is 0 Å². The fourth-order valence-electron chi connectivity index (χ4n) is 1.59. The fourth-order valence-corrected chi connectivity index (χ4v) is 1.59. The number of aromatic nitrogens is 2. The van der Waals surface area contributed by atoms with Gasteiger partial charge in [0.05, 0.1) is 12.4 Å². The van der Waals surface area contributed by atoms with E-state index in [1.807, 2.05) is 20.8 Å². The standard InChI is InChI=1S/C11H12F2N2/c1-11(2,3)8-5-14-15-6-7(12)4-9(13)10(8)15/h4-6H,1-3H3. The highest BCUT2D eigenvalue weighted by atomic mass is 19.1. The Balaban J connectivity index is 2.81. The van der Waals surface area contributed by atoms with E-state index in [0.717, 1.165) is 11.6 Å². The van der Waals surface area contributed by atoms with E-state index in [-0.39, 0.29) is 5.41 Å². The third-order valence-corrected chi connectivity index (χ3v) is 2.34. The second-order valence-corrected chi connectivity index (χ2v) is 4.61. The van der Waals surface area contributed by atoms with Crippen molar-refractivity contribution in [2.24, 2.45) is 0 Å². The highest BCUT2D eigenvalue weighted by Gasteiger charge is 2.21. The number of rotatable bonds is 0. The van der Waals surface area contributed by atoms with Gasteiger partial charge in [-0.25, -0.2) is 13.3 Å². The maximum Gasteiger partial charge on any atom is 0.152 e. The molecule has 2 aromatic rings. The van der Waals surface area contributed by atoms with Crippen molar-refractivity contribution in [2.75, 3.05) is 0 Å². The Morgan fingerprint density at radius 1 is 1.27 bits per heavy atom. The van der Waals surface area contributed by atoms with Crippen LogP contribution in [0.1, 0.15) is 26.3 Å². The lowest BCUT2D eigenvalue weighted by Gasteiger charge is -2.16. The van der Waals surface area contributed by atoms with Gasteiger partial charge in [0, 0.05) is 11.6 Å². The van der Waals surface area contributed by atoms with Gasteiger partial charge in [-0.15, -0.1) is 0 Å². The first-order valence-corrected chi connectivity index (χ1v) is 4.72. The maximum absolute atomic E-state index is 13.6. The first-order valence-electron chi connectivity index (χ1n) is 4.72. The topological polar surface area (TPSA) is 17.3 Å². The van der Waals surface area contributed by atoms with Crippen LogP contribution in [-0.4, -0.2) is 9.61 Å². The minimum absolute atomic E-state index is 0.208. The molecular formula is C11H12F2N2. The SMILES string of the molecule is CC(C)(C)c1cnn2cc(F)cc(F)c12. The number of fused-ring (bicyclic) bond motifs is 1. The van der Waals surface area contributed by atoms with E-state index in [9.17, 15) is 8.78 Å². The monoisotopic (exact) mass is 210 g/mol. The minimum atomic E-state index is -0.622. The number of halogens is 2. The second kappa shape index (κ2) is 3.02. The third-order valence-electron chi connectivity index (χ3n) is 2.34. The Morgan fingerprint density at radius 2 is 1.93 bits per heavy atom. The quantitative estimate of drug-likeness (QED) is 0.653. The van der Waals surface area contributed by atoms with Crippen LogP contribution < -0.4 is 0 Å². The molecule has 0 aliphatic rings. The summed E-state index contributed by atoms with van der Waals surface area (Å²) in [7, 11) is 0. The van der Waals surface area contributed by atoms with Crippen LogP contribution in [0.3, 0.4) is 0 Å². The van der Waals surface area contributed by atoms with E-state index < -0.39 is 11.6 Å². The predicted molar refractivity (Wildman–Crippen MR) is 53.8 cm³/mol. The number of hydrogen-bond donors (Lipinski definition) is 0. The van der Waals surface area contributed by atoms with Crippen LogP contribution in [0.2, 0.25) is 0 Å². The number of nitrogens with zero attached hydrogens (tertiary/aromatic N) is 2. The highest BCUT2D eigenvalue weighted by Crippen LogP contribution is 2.28. The summed E-state index contributed by atoms with van der Waals surface area (Å²) in [5.41, 5.74) is 0.921. The lowest BCUT2D eigenvalue weighted by atomic mass is 9.88. The molecule has 0 fully saturated rings. The molecular weight excluding hydrogens is 198 g/mol. The van der Waals surface area contributed by atoms with Crippen molar-refractivity contribution < 1.29 is 8.78 Å². The van der Waals surface area contributed by atoms with Crippen LogP contribution in [0.15, 0.2) is 18.5 Å². The van der Waals surface area contributed by atoms with Gasteiger partial charge < -0.3 is 0 Å². The van der Waals surface area contributed by atoms with Crippen LogP contribution in [0.4, 0.5) is 8.78 Å². The smallest absolute Gasteiger partial charge is 0.152 e. The molecule has 0 aliphatic carbocycles. The summed E-state index contributed by atoms with van der Waals surface area (Å²) in [6.45, 7) is 5.90. The third kappa shape index (κ3) is 1.60. The first kappa shape index (κ1) is 10.1. The molecule has 4 heteroatoms. The summed E-state index contributed by atoms with van der Waals surface area (Å²) < 4.78 is 27.7. The van der Waals surface area contributed by atoms with Gasteiger partial charge in [-0.2, -0.15) is 5.10 Å². The van der Waals surface area contributed by atoms with Crippen LogP contribution in [0, 0.1) is 11.6 Å². The van der Waals surface area contributed by atoms with Crippen LogP contribution in [0.25, 0.3) is 5.52 Å². The molecule has 0 saturated carbocycles. The van der Waals surface area contributed by atoms with Crippen LogP contribution in [-0.2, 0) is 5.41 Å². The summed E-state index contributed by atoms with van der Waals surface area (Å²) in [5, 5.41) is 3.94. The number of hydrogen-bond acceptors (Lipinski definition) is 1. The fraction of sp³-hybridized carbons (Fsp3) is 0.364. The average molecular weight is 210 g/mol. The van der Waals surface area contributed by atoms with Crippen LogP contribution in [0.5, 0.6) is 0 Å². The molecule has 0 aliphatic heterocycles. The van der Waals surface area contributed by atoms with Gasteiger partial charge in [-0.1, -0.05) is 20.8 Å². The molecule has 2 heterocycles. The number of pyridine rings is 1. The Morgan fingerprint density at radius 3 is 2.53 bits per heavy atom. The van der Waals surface area contributed by atoms with Crippen LogP contribution >= 0.6 is 0 Å². The Hall–Kier alpha value is -1.45. The molecule has 15 heavy (non-hydrogen) atoms. The van der Waals surface area contributed by atoms with E-state index in [1.54, 1.807) is 6.20 Å². The Labute approximate surface area is 86.5 Å². The molecule has 0 unspecified atom stereocenters. The van der Waals surface area contributed by atoms with E-state index in [2.05, 4.69) is 5.10 Å². The second-order valence-electron chi connectivity index (χ2n) is 4.61. The molecule has 0 radical (unpaired) electrons. The zero-order valence-electron chi connectivity index (χ0n) is 8.88. The van der Waals surface area contributed by atoms with Gasteiger partial charge in [0.15, 0.2) is 5.82 Å². The van der Waals surface area contributed by atoms with Crippen molar-refractivity contribution in [1.82, 2.24) is 9.61 Å². The van der Waals surface area contributed by atoms with Crippen molar-refractivity contribution in [3.05, 3.63) is 35.7 Å². The van der Waals surface area contributed by atoms with Crippen molar-refractivity contribution >= 4 is 5.52 Å². The van der Waals surface area contributed by atoms with Gasteiger partial charge in [-0.3, -0.25) is 0 Å². The molecule has 80 valence electrons. The highest BCUT2D eigenvalue weighted by molar-refractivity contribution is 5.57. The zero-order chi connectivity index (χ0) is 11.2. The van der Waals surface area contributed by atoms with Crippen molar-refractivity contribution in [3.63, 3.8) is 0 Å². The first-order chi connectivity index (χ1) is 6.89. The normalized spacial score (nSPS) is 12.3. The molecule has 0 bridgehead atoms. The largest absolute Gasteiger partial charge is 0.235 e. The van der Waals surface area contributed by atoms with E-state index in [1.165, 1.54) is 10.7 Å². The van der Waals surface area contributed by atoms with E-state index >= 15 is 0 Å². The summed E-state index contributed by atoms with van der Waals surface area (Å²) in [6, 6.07) is 0.881. The molecule has 0 saturated heterocycles. The van der Waals surface area contributed by atoms with Gasteiger partial charge in [0.2, 0.25) is 0 Å². The molecule has 0 aromatic carbocycles. The average Bonchev–Trinajstić information content (AvgIpc) is 2.45. The minimum Gasteiger partial charge on any atom is -0.235 e. The van der Waals surface area contributed by atoms with Gasteiger partial charge in [0.1, 0.15) is 11.3 Å². The van der Waals surface area contributed by atoms with Gasteiger partial charge in [-0.05, 0) is 5.41 Å². The summed E-state index contributed by atoms with van der Waals surface area (Å²) >= 11 is 0. The molecule has 0 N–H and O–H groups in total. The van der Waals surface area contributed by atoms with Crippen molar-refractivity contribution in [2.45, 2.75) is 26.2 Å². The Bertz CT molecular complexity index is 509. The summed E-state index contributed by atoms with van der Waals surface area (Å²) in [4.78, 5) is 0. The zero-order valence-corrected chi connectivity index (χ0v) is 8.88.